The molecule has 1 atom stereocenters. The van der Waals surface area contributed by atoms with Crippen LogP contribution in [-0.2, 0) is 19.1 Å². The topological polar surface area (TPSA) is 55.8 Å². The molecule has 1 aliphatic rings. The molecule has 5 nitrogen and oxygen atoms in total. The molecule has 1 rings (SSSR count). The van der Waals surface area contributed by atoms with E-state index in [1.807, 2.05) is 0 Å². The average Bonchev–Trinajstić information content (AvgIpc) is 2.29. The molecule has 0 aliphatic carbocycles. The highest BCUT2D eigenvalue weighted by atomic mass is 16.5. The molecular weight excluding hydrogens is 210 g/mol. The molecule has 1 heterocycles. The van der Waals surface area contributed by atoms with E-state index in [4.69, 9.17) is 9.47 Å². The molecule has 0 saturated carbocycles. The lowest BCUT2D eigenvalue weighted by Gasteiger charge is -2.31. The lowest BCUT2D eigenvalue weighted by atomic mass is 9.99. The van der Waals surface area contributed by atoms with Crippen molar-refractivity contribution in [1.29, 1.82) is 0 Å². The molecule has 0 aromatic heterocycles. The van der Waals surface area contributed by atoms with E-state index in [0.29, 0.717) is 25.6 Å². The molecule has 16 heavy (non-hydrogen) atoms. The van der Waals surface area contributed by atoms with Gasteiger partial charge < -0.3 is 14.4 Å². The van der Waals surface area contributed by atoms with Crippen molar-refractivity contribution in [3.05, 3.63) is 0 Å². The van der Waals surface area contributed by atoms with Gasteiger partial charge in [-0.05, 0) is 25.7 Å². The van der Waals surface area contributed by atoms with Crippen molar-refractivity contribution in [2.75, 3.05) is 33.4 Å². The Labute approximate surface area is 95.7 Å². The minimum atomic E-state index is -0.749. The van der Waals surface area contributed by atoms with Crippen molar-refractivity contribution in [2.24, 2.45) is 5.92 Å². The number of hydrogen-bond acceptors (Lipinski definition) is 4. The van der Waals surface area contributed by atoms with Crippen LogP contribution >= 0.6 is 0 Å². The van der Waals surface area contributed by atoms with Crippen molar-refractivity contribution in [3.8, 4) is 0 Å². The number of carbonyl (C=O) groups is 2. The van der Waals surface area contributed by atoms with Crippen LogP contribution < -0.4 is 0 Å². The molecule has 0 radical (unpaired) electrons. The molecule has 5 heteroatoms. The molecule has 0 aromatic rings. The van der Waals surface area contributed by atoms with Crippen LogP contribution in [0.15, 0.2) is 0 Å². The number of methoxy groups -OCH3 is 1. The first-order chi connectivity index (χ1) is 7.69. The summed E-state index contributed by atoms with van der Waals surface area (Å²) in [4.78, 5) is 24.5. The number of esters is 1. The van der Waals surface area contributed by atoms with Crippen molar-refractivity contribution < 1.29 is 19.1 Å². The normalized spacial score (nSPS) is 20.6. The average molecular weight is 229 g/mol. The third-order valence-electron chi connectivity index (χ3n) is 2.66. The molecule has 0 aromatic carbocycles. The third kappa shape index (κ3) is 3.48. The van der Waals surface area contributed by atoms with E-state index < -0.39 is 11.9 Å². The number of nitrogens with zero attached hydrogens (tertiary/aromatic N) is 1. The zero-order chi connectivity index (χ0) is 12.0. The Bertz CT molecular complexity index is 252. The summed E-state index contributed by atoms with van der Waals surface area (Å²) < 4.78 is 9.75. The summed E-state index contributed by atoms with van der Waals surface area (Å²) in [6.45, 7) is 3.78. The standard InChI is InChI=1S/C11H19NO4/c1-3-16-11(14)10(13)12-6-4-5-9(7-12)8-15-2/h9H,3-8H2,1-2H3. The number of amides is 1. The molecule has 0 bridgehead atoms. The van der Waals surface area contributed by atoms with Crippen LogP contribution in [0, 0.1) is 5.92 Å². The van der Waals surface area contributed by atoms with Gasteiger partial charge in [-0.3, -0.25) is 4.79 Å². The summed E-state index contributed by atoms with van der Waals surface area (Å²) in [6.07, 6.45) is 1.96. The summed E-state index contributed by atoms with van der Waals surface area (Å²) in [5.41, 5.74) is 0. The minimum Gasteiger partial charge on any atom is -0.459 e. The van der Waals surface area contributed by atoms with Crippen LogP contribution in [0.5, 0.6) is 0 Å². The maximum atomic E-state index is 11.6. The Morgan fingerprint density at radius 3 is 2.81 bits per heavy atom. The maximum Gasteiger partial charge on any atom is 0.397 e. The Hall–Kier alpha value is -1.10. The third-order valence-corrected chi connectivity index (χ3v) is 2.66. The predicted octanol–water partition coefficient (Wildman–Crippen LogP) is 0.434. The minimum absolute atomic E-state index is 0.236. The number of hydrogen-bond donors (Lipinski definition) is 0. The van der Waals surface area contributed by atoms with Gasteiger partial charge in [-0.1, -0.05) is 0 Å². The highest BCUT2D eigenvalue weighted by Crippen LogP contribution is 2.16. The molecule has 1 fully saturated rings. The smallest absolute Gasteiger partial charge is 0.397 e. The fraction of sp³-hybridized carbons (Fsp3) is 0.818. The van der Waals surface area contributed by atoms with Gasteiger partial charge in [0.15, 0.2) is 0 Å². The van der Waals surface area contributed by atoms with Crippen molar-refractivity contribution in [2.45, 2.75) is 19.8 Å². The highest BCUT2D eigenvalue weighted by Gasteiger charge is 2.28. The number of likely N-dealkylation sites (tertiary alicyclic amines) is 1. The van der Waals surface area contributed by atoms with E-state index in [-0.39, 0.29) is 6.61 Å². The molecule has 1 amide bonds. The quantitative estimate of drug-likeness (QED) is 0.520. The van der Waals surface area contributed by atoms with Gasteiger partial charge in [-0.25, -0.2) is 4.79 Å². The van der Waals surface area contributed by atoms with Crippen LogP contribution in [0.1, 0.15) is 19.8 Å². The zero-order valence-corrected chi connectivity index (χ0v) is 9.90. The molecular formula is C11H19NO4. The van der Waals surface area contributed by atoms with Gasteiger partial charge in [0.05, 0.1) is 13.2 Å². The first kappa shape index (κ1) is 13.0. The molecule has 1 aliphatic heterocycles. The molecule has 1 unspecified atom stereocenters. The van der Waals surface area contributed by atoms with Crippen LogP contribution in [0.4, 0.5) is 0 Å². The van der Waals surface area contributed by atoms with E-state index in [9.17, 15) is 9.59 Å². The van der Waals surface area contributed by atoms with Gasteiger partial charge in [0, 0.05) is 20.2 Å². The number of piperidine rings is 1. The Morgan fingerprint density at radius 2 is 2.19 bits per heavy atom. The molecule has 92 valence electrons. The van der Waals surface area contributed by atoms with Gasteiger partial charge in [-0.2, -0.15) is 0 Å². The lowest BCUT2D eigenvalue weighted by Crippen LogP contribution is -2.44. The summed E-state index contributed by atoms with van der Waals surface area (Å²) in [6, 6.07) is 0. The summed E-state index contributed by atoms with van der Waals surface area (Å²) in [7, 11) is 1.64. The van der Waals surface area contributed by atoms with Gasteiger partial charge in [0.25, 0.3) is 0 Å². The predicted molar refractivity (Wildman–Crippen MR) is 57.8 cm³/mol. The van der Waals surface area contributed by atoms with E-state index >= 15 is 0 Å². The van der Waals surface area contributed by atoms with Crippen molar-refractivity contribution in [1.82, 2.24) is 4.90 Å². The van der Waals surface area contributed by atoms with Crippen LogP contribution in [0.2, 0.25) is 0 Å². The molecule has 0 spiro atoms. The fourth-order valence-corrected chi connectivity index (χ4v) is 1.94. The van der Waals surface area contributed by atoms with E-state index in [1.54, 1.807) is 18.9 Å². The molecule has 1 saturated heterocycles. The van der Waals surface area contributed by atoms with Gasteiger partial charge in [0.1, 0.15) is 0 Å². The number of rotatable bonds is 3. The lowest BCUT2D eigenvalue weighted by molar-refractivity contribution is -0.160. The monoisotopic (exact) mass is 229 g/mol. The SMILES string of the molecule is CCOC(=O)C(=O)N1CCCC(COC)C1. The van der Waals surface area contributed by atoms with Gasteiger partial charge in [0.2, 0.25) is 0 Å². The summed E-state index contributed by atoms with van der Waals surface area (Å²) in [5.74, 6) is -0.944. The molecule has 0 N–H and O–H groups in total. The number of carbonyl (C=O) groups excluding carboxylic acids is 2. The maximum absolute atomic E-state index is 11.6. The van der Waals surface area contributed by atoms with Crippen molar-refractivity contribution >= 4 is 11.9 Å². The second kappa shape index (κ2) is 6.48. The first-order valence-corrected chi connectivity index (χ1v) is 5.64. The van der Waals surface area contributed by atoms with Gasteiger partial charge in [-0.15, -0.1) is 0 Å². The van der Waals surface area contributed by atoms with Crippen LogP contribution in [0.3, 0.4) is 0 Å². The van der Waals surface area contributed by atoms with E-state index in [2.05, 4.69) is 0 Å². The van der Waals surface area contributed by atoms with Crippen LogP contribution in [-0.4, -0.2) is 50.2 Å². The number of ether oxygens (including phenoxy) is 2. The summed E-state index contributed by atoms with van der Waals surface area (Å²) >= 11 is 0. The van der Waals surface area contributed by atoms with E-state index in [1.165, 1.54) is 0 Å². The Morgan fingerprint density at radius 1 is 1.44 bits per heavy atom. The Kier molecular flexibility index (Phi) is 5.25. The fourth-order valence-electron chi connectivity index (χ4n) is 1.94. The van der Waals surface area contributed by atoms with Crippen LogP contribution in [0.25, 0.3) is 0 Å². The highest BCUT2D eigenvalue weighted by molar-refractivity contribution is 6.32. The van der Waals surface area contributed by atoms with Gasteiger partial charge >= 0.3 is 11.9 Å². The first-order valence-electron chi connectivity index (χ1n) is 5.64. The summed E-state index contributed by atoms with van der Waals surface area (Å²) in [5, 5.41) is 0. The second-order valence-corrected chi connectivity index (χ2v) is 3.94. The largest absolute Gasteiger partial charge is 0.459 e. The second-order valence-electron chi connectivity index (χ2n) is 3.94. The van der Waals surface area contributed by atoms with E-state index in [0.717, 1.165) is 12.8 Å². The zero-order valence-electron chi connectivity index (χ0n) is 9.90. The Balaban J connectivity index is 2.46. The van der Waals surface area contributed by atoms with Crippen molar-refractivity contribution in [3.63, 3.8) is 0 Å².